The van der Waals surface area contributed by atoms with Crippen molar-refractivity contribution in [2.45, 2.75) is 19.7 Å². The lowest BCUT2D eigenvalue weighted by Gasteiger charge is -2.19. The molecule has 0 saturated heterocycles. The third-order valence-electron chi connectivity index (χ3n) is 3.00. The van der Waals surface area contributed by atoms with Crippen LogP contribution >= 0.6 is 11.6 Å². The van der Waals surface area contributed by atoms with Crippen LogP contribution in [-0.2, 0) is 5.88 Å². The van der Waals surface area contributed by atoms with Crippen molar-refractivity contribution in [2.24, 2.45) is 0 Å². The van der Waals surface area contributed by atoms with E-state index >= 15 is 0 Å². The average Bonchev–Trinajstić information content (AvgIpc) is 2.82. The molecule has 0 atom stereocenters. The molecule has 19 heavy (non-hydrogen) atoms. The molecule has 1 heterocycles. The highest BCUT2D eigenvalue weighted by molar-refractivity contribution is 6.17. The van der Waals surface area contributed by atoms with Gasteiger partial charge in [0, 0.05) is 17.8 Å². The van der Waals surface area contributed by atoms with Crippen LogP contribution in [0.25, 0.3) is 0 Å². The summed E-state index contributed by atoms with van der Waals surface area (Å²) in [6.07, 6.45) is 0. The van der Waals surface area contributed by atoms with Gasteiger partial charge in [-0.2, -0.15) is 0 Å². The third-order valence-corrected chi connectivity index (χ3v) is 3.29. The molecule has 0 aliphatic carbocycles. The van der Waals surface area contributed by atoms with E-state index < -0.39 is 0 Å². The number of carbonyl (C=O) groups excluding carboxylic acids is 1. The van der Waals surface area contributed by atoms with Gasteiger partial charge in [0.15, 0.2) is 5.76 Å². The van der Waals surface area contributed by atoms with E-state index in [9.17, 15) is 4.79 Å². The van der Waals surface area contributed by atoms with Gasteiger partial charge in [-0.1, -0.05) is 18.2 Å². The van der Waals surface area contributed by atoms with Crippen LogP contribution in [0.5, 0.6) is 0 Å². The first-order chi connectivity index (χ1) is 9.17. The molecule has 0 bridgehead atoms. The molecule has 0 aliphatic rings. The summed E-state index contributed by atoms with van der Waals surface area (Å²) in [5.74, 6) is 1.23. The minimum atomic E-state index is -0.145. The Labute approximate surface area is 117 Å². The van der Waals surface area contributed by atoms with Crippen LogP contribution in [0.1, 0.15) is 28.8 Å². The largest absolute Gasteiger partial charge is 0.456 e. The van der Waals surface area contributed by atoms with E-state index in [4.69, 9.17) is 16.0 Å². The molecular weight excluding hydrogens is 262 g/mol. The molecule has 0 unspecified atom stereocenters. The van der Waals surface area contributed by atoms with Crippen LogP contribution in [0, 0.1) is 6.92 Å². The van der Waals surface area contributed by atoms with E-state index in [0.717, 1.165) is 11.3 Å². The zero-order chi connectivity index (χ0) is 13.8. The van der Waals surface area contributed by atoms with Crippen LogP contribution in [0.4, 0.5) is 5.69 Å². The molecule has 0 spiro atoms. The molecule has 0 N–H and O–H groups in total. The number of aryl methyl sites for hydroxylation is 1. The molecule has 2 aromatic rings. The van der Waals surface area contributed by atoms with Crippen molar-refractivity contribution in [3.63, 3.8) is 0 Å². The summed E-state index contributed by atoms with van der Waals surface area (Å²) in [6, 6.07) is 11.3. The van der Waals surface area contributed by atoms with Gasteiger partial charge in [0.1, 0.15) is 5.76 Å². The molecule has 1 aromatic carbocycles. The number of carbonyl (C=O) groups is 1. The standard InChI is InChI=1S/C15H16ClNO2/c1-3-17(13-7-5-4-6-8-13)15(18)14-9-12(10-16)11(2)19-14/h4-9H,3,10H2,1-2H3. The smallest absolute Gasteiger partial charge is 0.293 e. The fourth-order valence-electron chi connectivity index (χ4n) is 1.94. The van der Waals surface area contributed by atoms with Gasteiger partial charge < -0.3 is 9.32 Å². The Kier molecular flexibility index (Phi) is 4.27. The monoisotopic (exact) mass is 277 g/mol. The number of halogens is 1. The number of hydrogen-bond donors (Lipinski definition) is 0. The lowest BCUT2D eigenvalue weighted by atomic mass is 10.2. The van der Waals surface area contributed by atoms with Crippen molar-refractivity contribution in [1.29, 1.82) is 0 Å². The fourth-order valence-corrected chi connectivity index (χ4v) is 2.21. The molecule has 4 heteroatoms. The van der Waals surface area contributed by atoms with Crippen LogP contribution < -0.4 is 4.90 Å². The van der Waals surface area contributed by atoms with Gasteiger partial charge >= 0.3 is 0 Å². The number of anilines is 1. The highest BCUT2D eigenvalue weighted by Crippen LogP contribution is 2.21. The Balaban J connectivity index is 2.30. The van der Waals surface area contributed by atoms with Crippen molar-refractivity contribution in [3.8, 4) is 0 Å². The number of furan rings is 1. The number of para-hydroxylation sites is 1. The molecule has 1 aromatic heterocycles. The minimum absolute atomic E-state index is 0.145. The summed E-state index contributed by atoms with van der Waals surface area (Å²) < 4.78 is 5.50. The number of rotatable bonds is 4. The lowest BCUT2D eigenvalue weighted by Crippen LogP contribution is -2.30. The fraction of sp³-hybridized carbons (Fsp3) is 0.267. The van der Waals surface area contributed by atoms with E-state index in [2.05, 4.69) is 0 Å². The summed E-state index contributed by atoms with van der Waals surface area (Å²) in [4.78, 5) is 14.1. The first-order valence-electron chi connectivity index (χ1n) is 6.19. The van der Waals surface area contributed by atoms with Crippen molar-refractivity contribution < 1.29 is 9.21 Å². The highest BCUT2D eigenvalue weighted by atomic mass is 35.5. The van der Waals surface area contributed by atoms with Crippen LogP contribution in [0.2, 0.25) is 0 Å². The molecule has 0 fully saturated rings. The van der Waals surface area contributed by atoms with E-state index in [1.807, 2.05) is 44.2 Å². The second-order valence-electron chi connectivity index (χ2n) is 4.21. The maximum Gasteiger partial charge on any atom is 0.293 e. The average molecular weight is 278 g/mol. The predicted molar refractivity (Wildman–Crippen MR) is 76.8 cm³/mol. The maximum atomic E-state index is 12.4. The number of nitrogens with zero attached hydrogens (tertiary/aromatic N) is 1. The zero-order valence-corrected chi connectivity index (χ0v) is 11.8. The Hall–Kier alpha value is -1.74. The van der Waals surface area contributed by atoms with E-state index in [1.54, 1.807) is 11.0 Å². The molecule has 0 saturated carbocycles. The Bertz CT molecular complexity index is 563. The van der Waals surface area contributed by atoms with Crippen molar-refractivity contribution in [3.05, 3.63) is 53.5 Å². The number of benzene rings is 1. The molecule has 3 nitrogen and oxygen atoms in total. The quantitative estimate of drug-likeness (QED) is 0.792. The summed E-state index contributed by atoms with van der Waals surface area (Å²) >= 11 is 5.80. The van der Waals surface area contributed by atoms with Gasteiger partial charge in [-0.15, -0.1) is 11.6 Å². The summed E-state index contributed by atoms with van der Waals surface area (Å²) in [6.45, 7) is 4.33. The first-order valence-corrected chi connectivity index (χ1v) is 6.73. The van der Waals surface area contributed by atoms with Gasteiger partial charge in [-0.05, 0) is 32.0 Å². The summed E-state index contributed by atoms with van der Waals surface area (Å²) in [7, 11) is 0. The van der Waals surface area contributed by atoms with Crippen LogP contribution in [0.15, 0.2) is 40.8 Å². The van der Waals surface area contributed by atoms with Gasteiger partial charge in [-0.3, -0.25) is 4.79 Å². The van der Waals surface area contributed by atoms with Gasteiger partial charge in [0.25, 0.3) is 5.91 Å². The topological polar surface area (TPSA) is 33.5 Å². The number of alkyl halides is 1. The van der Waals surface area contributed by atoms with Crippen LogP contribution in [-0.4, -0.2) is 12.5 Å². The van der Waals surface area contributed by atoms with Crippen molar-refractivity contribution in [1.82, 2.24) is 0 Å². The lowest BCUT2D eigenvalue weighted by molar-refractivity contribution is 0.0960. The number of hydrogen-bond acceptors (Lipinski definition) is 2. The maximum absolute atomic E-state index is 12.4. The van der Waals surface area contributed by atoms with E-state index in [0.29, 0.717) is 23.9 Å². The number of amides is 1. The third kappa shape index (κ3) is 2.82. The zero-order valence-electron chi connectivity index (χ0n) is 11.0. The first kappa shape index (κ1) is 13.7. The van der Waals surface area contributed by atoms with Crippen molar-refractivity contribution in [2.75, 3.05) is 11.4 Å². The molecule has 100 valence electrons. The second kappa shape index (κ2) is 5.93. The summed E-state index contributed by atoms with van der Waals surface area (Å²) in [5.41, 5.74) is 1.71. The molecule has 0 aliphatic heterocycles. The summed E-state index contributed by atoms with van der Waals surface area (Å²) in [5, 5.41) is 0. The highest BCUT2D eigenvalue weighted by Gasteiger charge is 2.20. The second-order valence-corrected chi connectivity index (χ2v) is 4.48. The van der Waals surface area contributed by atoms with Gasteiger partial charge in [0.2, 0.25) is 0 Å². The van der Waals surface area contributed by atoms with Gasteiger partial charge in [0.05, 0.1) is 5.88 Å². The van der Waals surface area contributed by atoms with Gasteiger partial charge in [-0.25, -0.2) is 0 Å². The Morgan fingerprint density at radius 2 is 2.00 bits per heavy atom. The SMILES string of the molecule is CCN(C(=O)c1cc(CCl)c(C)o1)c1ccccc1. The Morgan fingerprint density at radius 3 is 2.53 bits per heavy atom. The predicted octanol–water partition coefficient (Wildman–Crippen LogP) is 3.99. The van der Waals surface area contributed by atoms with Crippen molar-refractivity contribution >= 4 is 23.2 Å². The molecular formula is C15H16ClNO2. The molecule has 2 rings (SSSR count). The normalized spacial score (nSPS) is 10.5. The van der Waals surface area contributed by atoms with Crippen LogP contribution in [0.3, 0.4) is 0 Å². The van der Waals surface area contributed by atoms with E-state index in [1.165, 1.54) is 0 Å². The Morgan fingerprint density at radius 1 is 1.32 bits per heavy atom. The molecule has 1 amide bonds. The minimum Gasteiger partial charge on any atom is -0.456 e. The van der Waals surface area contributed by atoms with E-state index in [-0.39, 0.29) is 5.91 Å². The molecule has 0 radical (unpaired) electrons.